The smallest absolute Gasteiger partial charge is 0.101 e. The van der Waals surface area contributed by atoms with Crippen LogP contribution in [0.1, 0.15) is 11.1 Å². The summed E-state index contributed by atoms with van der Waals surface area (Å²) in [6, 6.07) is 50.2. The fraction of sp³-hybridized carbons (Fsp3) is 0. The lowest BCUT2D eigenvalue weighted by Gasteiger charge is -2.13. The quantitative estimate of drug-likeness (QED) is 0.227. The third kappa shape index (κ3) is 3.40. The van der Waals surface area contributed by atoms with Crippen molar-refractivity contribution in [3.8, 4) is 34.6 Å². The van der Waals surface area contributed by atoms with Gasteiger partial charge in [-0.05, 0) is 60.2 Å². The zero-order valence-electron chi connectivity index (χ0n) is 22.5. The molecule has 0 radical (unpaired) electrons. The molecule has 194 valence electrons. The molecule has 4 nitrogen and oxygen atoms in total. The van der Waals surface area contributed by atoms with Gasteiger partial charge in [0.05, 0.1) is 45.0 Å². The fourth-order valence-electron chi connectivity index (χ4n) is 6.38. The highest BCUT2D eigenvalue weighted by Gasteiger charge is 2.19. The number of nitriles is 2. The van der Waals surface area contributed by atoms with Gasteiger partial charge in [-0.15, -0.1) is 0 Å². The SMILES string of the molecule is N#Cc1ccc2c(c1)c1ccc(-c3cccc4c5ccccc5n(-c5ccccc5)c34)cc1n2-c1ccccc1C#N. The van der Waals surface area contributed by atoms with Crippen LogP contribution in [-0.2, 0) is 0 Å². The molecule has 6 aromatic carbocycles. The molecule has 8 aromatic rings. The summed E-state index contributed by atoms with van der Waals surface area (Å²) in [5, 5.41) is 24.1. The Hall–Kier alpha value is -6.10. The van der Waals surface area contributed by atoms with Gasteiger partial charge in [-0.3, -0.25) is 0 Å². The third-order valence-electron chi connectivity index (χ3n) is 8.18. The summed E-state index contributed by atoms with van der Waals surface area (Å²) >= 11 is 0. The second-order valence-corrected chi connectivity index (χ2v) is 10.4. The molecule has 0 fully saturated rings. The average molecular weight is 535 g/mol. The van der Waals surface area contributed by atoms with Crippen molar-refractivity contribution in [2.45, 2.75) is 0 Å². The van der Waals surface area contributed by atoms with E-state index in [1.165, 1.54) is 10.8 Å². The summed E-state index contributed by atoms with van der Waals surface area (Å²) in [4.78, 5) is 0. The van der Waals surface area contributed by atoms with E-state index >= 15 is 0 Å². The van der Waals surface area contributed by atoms with Crippen LogP contribution in [0.4, 0.5) is 0 Å². The van der Waals surface area contributed by atoms with E-state index in [4.69, 9.17) is 0 Å². The predicted molar refractivity (Wildman–Crippen MR) is 170 cm³/mol. The maximum Gasteiger partial charge on any atom is 0.101 e. The van der Waals surface area contributed by atoms with E-state index in [0.29, 0.717) is 11.1 Å². The van der Waals surface area contributed by atoms with Crippen molar-refractivity contribution in [1.82, 2.24) is 9.13 Å². The van der Waals surface area contributed by atoms with Crippen LogP contribution in [-0.4, -0.2) is 9.13 Å². The molecular weight excluding hydrogens is 512 g/mol. The van der Waals surface area contributed by atoms with Gasteiger partial charge < -0.3 is 9.13 Å². The summed E-state index contributed by atoms with van der Waals surface area (Å²) in [5.41, 5.74) is 9.58. The minimum atomic E-state index is 0.595. The summed E-state index contributed by atoms with van der Waals surface area (Å²) in [7, 11) is 0. The van der Waals surface area contributed by atoms with Crippen molar-refractivity contribution in [2.75, 3.05) is 0 Å². The Balaban J connectivity index is 1.49. The summed E-state index contributed by atoms with van der Waals surface area (Å²) in [6.07, 6.45) is 0. The molecule has 0 spiro atoms. The Bertz CT molecular complexity index is 2430. The number of fused-ring (bicyclic) bond motifs is 6. The van der Waals surface area contributed by atoms with Crippen molar-refractivity contribution >= 4 is 43.6 Å². The molecule has 0 unspecified atom stereocenters. The van der Waals surface area contributed by atoms with Crippen LogP contribution in [0.15, 0.2) is 133 Å². The number of para-hydroxylation sites is 4. The normalized spacial score (nSPS) is 11.3. The standard InChI is InChI=1S/C38H22N4/c39-23-25-17-20-36-33(21-25)31-19-18-26(22-37(31)42(36)34-15-6-4-9-27(34)24-40)29-13-8-14-32-30-12-5-7-16-35(30)41(38(29)32)28-10-2-1-3-11-28/h1-22H. The Morgan fingerprint density at radius 3 is 2.07 bits per heavy atom. The molecule has 0 N–H and O–H groups in total. The molecule has 42 heavy (non-hydrogen) atoms. The van der Waals surface area contributed by atoms with Gasteiger partial charge in [0, 0.05) is 32.8 Å². The zero-order valence-corrected chi connectivity index (χ0v) is 22.5. The largest absolute Gasteiger partial charge is 0.309 e. The van der Waals surface area contributed by atoms with Crippen molar-refractivity contribution in [1.29, 1.82) is 10.5 Å². The number of nitrogens with zero attached hydrogens (tertiary/aromatic N) is 4. The Morgan fingerprint density at radius 1 is 0.476 bits per heavy atom. The van der Waals surface area contributed by atoms with Crippen molar-refractivity contribution < 1.29 is 0 Å². The van der Waals surface area contributed by atoms with E-state index < -0.39 is 0 Å². The lowest BCUT2D eigenvalue weighted by Crippen LogP contribution is -1.98. The Labute approximate surface area is 242 Å². The highest BCUT2D eigenvalue weighted by atomic mass is 15.0. The van der Waals surface area contributed by atoms with Gasteiger partial charge in [0.15, 0.2) is 0 Å². The van der Waals surface area contributed by atoms with Gasteiger partial charge in [0.1, 0.15) is 6.07 Å². The van der Waals surface area contributed by atoms with Crippen LogP contribution in [0.2, 0.25) is 0 Å². The minimum Gasteiger partial charge on any atom is -0.309 e. The maximum absolute atomic E-state index is 9.99. The highest BCUT2D eigenvalue weighted by molar-refractivity contribution is 6.15. The number of rotatable bonds is 3. The van der Waals surface area contributed by atoms with Crippen LogP contribution >= 0.6 is 0 Å². The van der Waals surface area contributed by atoms with Gasteiger partial charge in [-0.25, -0.2) is 0 Å². The van der Waals surface area contributed by atoms with Gasteiger partial charge >= 0.3 is 0 Å². The minimum absolute atomic E-state index is 0.595. The molecule has 2 heterocycles. The first-order valence-corrected chi connectivity index (χ1v) is 13.8. The van der Waals surface area contributed by atoms with Crippen LogP contribution in [0, 0.1) is 22.7 Å². The average Bonchev–Trinajstić information content (AvgIpc) is 3.57. The fourth-order valence-corrected chi connectivity index (χ4v) is 6.38. The van der Waals surface area contributed by atoms with Crippen molar-refractivity contribution in [3.63, 3.8) is 0 Å². The lowest BCUT2D eigenvalue weighted by atomic mass is 10.00. The van der Waals surface area contributed by atoms with Crippen LogP contribution in [0.3, 0.4) is 0 Å². The van der Waals surface area contributed by atoms with Crippen molar-refractivity contribution in [3.05, 3.63) is 145 Å². The molecule has 0 aliphatic carbocycles. The molecule has 0 aliphatic rings. The number of aromatic nitrogens is 2. The second-order valence-electron chi connectivity index (χ2n) is 10.4. The molecule has 0 aliphatic heterocycles. The predicted octanol–water partition coefficient (Wildman–Crippen LogP) is 9.29. The van der Waals surface area contributed by atoms with E-state index in [-0.39, 0.29) is 0 Å². The molecule has 0 bridgehead atoms. The molecule has 0 saturated carbocycles. The first kappa shape index (κ1) is 23.8. The Morgan fingerprint density at radius 2 is 1.21 bits per heavy atom. The second kappa shape index (κ2) is 9.24. The summed E-state index contributed by atoms with van der Waals surface area (Å²) in [6.45, 7) is 0. The molecular formula is C38H22N4. The Kier molecular flexibility index (Phi) is 5.22. The molecule has 0 amide bonds. The number of hydrogen-bond donors (Lipinski definition) is 0. The van der Waals surface area contributed by atoms with Crippen LogP contribution in [0.5, 0.6) is 0 Å². The molecule has 0 saturated heterocycles. The summed E-state index contributed by atoms with van der Waals surface area (Å²) in [5.74, 6) is 0. The number of hydrogen-bond acceptors (Lipinski definition) is 2. The van der Waals surface area contributed by atoms with Gasteiger partial charge in [-0.2, -0.15) is 10.5 Å². The van der Waals surface area contributed by atoms with Crippen molar-refractivity contribution in [2.24, 2.45) is 0 Å². The summed E-state index contributed by atoms with van der Waals surface area (Å²) < 4.78 is 4.50. The lowest BCUT2D eigenvalue weighted by molar-refractivity contribution is 1.17. The van der Waals surface area contributed by atoms with E-state index in [9.17, 15) is 10.5 Å². The third-order valence-corrected chi connectivity index (χ3v) is 8.18. The molecule has 4 heteroatoms. The molecule has 2 aromatic heterocycles. The molecule has 8 rings (SSSR count). The van der Waals surface area contributed by atoms with Gasteiger partial charge in [-0.1, -0.05) is 78.9 Å². The van der Waals surface area contributed by atoms with E-state index in [1.807, 2.05) is 48.5 Å². The van der Waals surface area contributed by atoms with Gasteiger partial charge in [0.25, 0.3) is 0 Å². The molecule has 0 atom stereocenters. The maximum atomic E-state index is 9.99. The van der Waals surface area contributed by atoms with E-state index in [1.54, 1.807) is 0 Å². The first-order chi connectivity index (χ1) is 20.8. The van der Waals surface area contributed by atoms with Crippen LogP contribution < -0.4 is 0 Å². The monoisotopic (exact) mass is 534 g/mol. The topological polar surface area (TPSA) is 57.4 Å². The van der Waals surface area contributed by atoms with Crippen LogP contribution in [0.25, 0.3) is 66.1 Å². The first-order valence-electron chi connectivity index (χ1n) is 13.8. The highest BCUT2D eigenvalue weighted by Crippen LogP contribution is 2.41. The van der Waals surface area contributed by atoms with Gasteiger partial charge in [0.2, 0.25) is 0 Å². The van der Waals surface area contributed by atoms with E-state index in [0.717, 1.165) is 55.3 Å². The van der Waals surface area contributed by atoms with E-state index in [2.05, 4.69) is 106 Å². The number of benzene rings is 6. The zero-order chi connectivity index (χ0) is 28.2.